The van der Waals surface area contributed by atoms with Crippen molar-refractivity contribution in [2.75, 3.05) is 11.1 Å². The number of para-hydroxylation sites is 1. The fourth-order valence-electron chi connectivity index (χ4n) is 2.77. The molecule has 0 saturated carbocycles. The zero-order valence-corrected chi connectivity index (χ0v) is 17.3. The Hall–Kier alpha value is -2.87. The zero-order chi connectivity index (χ0) is 20.8. The summed E-state index contributed by atoms with van der Waals surface area (Å²) in [6.45, 7) is 5.90. The lowest BCUT2D eigenvalue weighted by molar-refractivity contribution is -0.113. The topological polar surface area (TPSA) is 69.0 Å². The second-order valence-corrected chi connectivity index (χ2v) is 7.66. The molecule has 1 N–H and O–H groups in total. The van der Waals surface area contributed by atoms with Gasteiger partial charge in [0.1, 0.15) is 11.6 Å². The molecule has 1 unspecified atom stereocenters. The molecule has 0 aliphatic carbocycles. The van der Waals surface area contributed by atoms with Crippen LogP contribution in [0.3, 0.4) is 0 Å². The number of ether oxygens (including phenoxy) is 1. The van der Waals surface area contributed by atoms with Crippen LogP contribution in [-0.4, -0.2) is 26.4 Å². The number of thioether (sulfide) groups is 1. The highest BCUT2D eigenvalue weighted by atomic mass is 32.2. The first-order chi connectivity index (χ1) is 13.9. The fourth-order valence-corrected chi connectivity index (χ4v) is 3.64. The average Bonchev–Trinajstić information content (AvgIpc) is 3.13. The molecule has 29 heavy (non-hydrogen) atoms. The molecule has 1 amide bonds. The van der Waals surface area contributed by atoms with E-state index in [9.17, 15) is 9.18 Å². The summed E-state index contributed by atoms with van der Waals surface area (Å²) in [5, 5.41) is 12.0. The minimum absolute atomic E-state index is 0.0824. The average molecular weight is 415 g/mol. The fraction of sp³-hybridized carbons (Fsp3) is 0.286. The van der Waals surface area contributed by atoms with Crippen molar-refractivity contribution in [3.8, 4) is 5.75 Å². The molecule has 1 heterocycles. The molecule has 0 fully saturated rings. The van der Waals surface area contributed by atoms with Crippen molar-refractivity contribution < 1.29 is 13.9 Å². The van der Waals surface area contributed by atoms with Gasteiger partial charge in [-0.2, -0.15) is 0 Å². The van der Waals surface area contributed by atoms with Gasteiger partial charge in [0, 0.05) is 11.7 Å². The van der Waals surface area contributed by atoms with Crippen LogP contribution in [0.15, 0.2) is 59.8 Å². The van der Waals surface area contributed by atoms with Crippen LogP contribution in [0.1, 0.15) is 38.7 Å². The summed E-state index contributed by atoms with van der Waals surface area (Å²) in [7, 11) is 0. The molecule has 0 aliphatic heterocycles. The molecule has 152 valence electrons. The van der Waals surface area contributed by atoms with Gasteiger partial charge in [0.15, 0.2) is 17.1 Å². The molecule has 0 spiro atoms. The highest BCUT2D eigenvalue weighted by Crippen LogP contribution is 2.27. The van der Waals surface area contributed by atoms with E-state index in [4.69, 9.17) is 4.74 Å². The van der Waals surface area contributed by atoms with Crippen LogP contribution in [-0.2, 0) is 4.79 Å². The van der Waals surface area contributed by atoms with Gasteiger partial charge < -0.3 is 14.6 Å². The molecular weight excluding hydrogens is 391 g/mol. The van der Waals surface area contributed by atoms with Crippen molar-refractivity contribution in [2.45, 2.75) is 38.1 Å². The number of hydrogen-bond donors (Lipinski definition) is 1. The smallest absolute Gasteiger partial charge is 0.234 e. The van der Waals surface area contributed by atoms with Crippen molar-refractivity contribution in [3.63, 3.8) is 0 Å². The number of nitrogens with one attached hydrogen (secondary N) is 1. The Kier molecular flexibility index (Phi) is 6.87. The Morgan fingerprint density at radius 3 is 2.45 bits per heavy atom. The van der Waals surface area contributed by atoms with E-state index >= 15 is 0 Å². The number of benzene rings is 2. The second-order valence-electron chi connectivity index (χ2n) is 6.72. The number of hydrogen-bond acceptors (Lipinski definition) is 5. The first-order valence-corrected chi connectivity index (χ1v) is 10.3. The molecule has 0 bridgehead atoms. The van der Waals surface area contributed by atoms with Crippen LogP contribution in [0.25, 0.3) is 0 Å². The standard InChI is InChI=1S/C21H23FN4O2S/c1-14(2)26-20(15(3)28-18-11-9-16(22)10-12-18)24-25-21(26)29-13-19(27)23-17-7-5-4-6-8-17/h4-12,14-15H,13H2,1-3H3,(H,23,27). The van der Waals surface area contributed by atoms with E-state index in [1.165, 1.54) is 23.9 Å². The van der Waals surface area contributed by atoms with Crippen molar-refractivity contribution in [1.29, 1.82) is 0 Å². The maximum atomic E-state index is 13.1. The quantitative estimate of drug-likeness (QED) is 0.533. The Morgan fingerprint density at radius 2 is 1.79 bits per heavy atom. The molecule has 3 rings (SSSR count). The summed E-state index contributed by atoms with van der Waals surface area (Å²) in [5.74, 6) is 0.982. The Labute approximate surface area is 173 Å². The van der Waals surface area contributed by atoms with E-state index in [0.717, 1.165) is 5.69 Å². The van der Waals surface area contributed by atoms with Gasteiger partial charge in [-0.3, -0.25) is 4.79 Å². The molecule has 1 aromatic heterocycles. The zero-order valence-electron chi connectivity index (χ0n) is 16.5. The number of anilines is 1. The third-order valence-electron chi connectivity index (χ3n) is 4.09. The number of amides is 1. The van der Waals surface area contributed by atoms with Crippen LogP contribution in [0.2, 0.25) is 0 Å². The van der Waals surface area contributed by atoms with Crippen molar-refractivity contribution in [3.05, 3.63) is 66.2 Å². The van der Waals surface area contributed by atoms with Crippen LogP contribution in [0.4, 0.5) is 10.1 Å². The SMILES string of the molecule is CC(Oc1ccc(F)cc1)c1nnc(SCC(=O)Nc2ccccc2)n1C(C)C. The molecule has 3 aromatic rings. The van der Waals surface area contributed by atoms with Crippen molar-refractivity contribution >= 4 is 23.4 Å². The molecule has 0 radical (unpaired) electrons. The van der Waals surface area contributed by atoms with E-state index < -0.39 is 0 Å². The van der Waals surface area contributed by atoms with E-state index in [1.54, 1.807) is 12.1 Å². The number of rotatable bonds is 8. The molecule has 0 saturated heterocycles. The van der Waals surface area contributed by atoms with Crippen LogP contribution < -0.4 is 10.1 Å². The van der Waals surface area contributed by atoms with Crippen molar-refractivity contribution in [1.82, 2.24) is 14.8 Å². The van der Waals surface area contributed by atoms with E-state index in [2.05, 4.69) is 15.5 Å². The Balaban J connectivity index is 1.67. The summed E-state index contributed by atoms with van der Waals surface area (Å²) < 4.78 is 20.9. The highest BCUT2D eigenvalue weighted by Gasteiger charge is 2.22. The predicted octanol–water partition coefficient (Wildman–Crippen LogP) is 4.87. The van der Waals surface area contributed by atoms with E-state index in [1.807, 2.05) is 55.7 Å². The highest BCUT2D eigenvalue weighted by molar-refractivity contribution is 7.99. The number of carbonyl (C=O) groups excluding carboxylic acids is 1. The van der Waals surface area contributed by atoms with Gasteiger partial charge in [-0.1, -0.05) is 30.0 Å². The minimum atomic E-state index is -0.386. The first kappa shape index (κ1) is 20.9. The van der Waals surface area contributed by atoms with Gasteiger partial charge in [0.05, 0.1) is 5.75 Å². The number of halogens is 1. The maximum Gasteiger partial charge on any atom is 0.234 e. The molecule has 6 nitrogen and oxygen atoms in total. The third kappa shape index (κ3) is 5.57. The van der Waals surface area contributed by atoms with E-state index in [-0.39, 0.29) is 29.6 Å². The van der Waals surface area contributed by atoms with Gasteiger partial charge in [0.2, 0.25) is 5.91 Å². The van der Waals surface area contributed by atoms with Gasteiger partial charge in [-0.05, 0) is 57.2 Å². The molecule has 8 heteroatoms. The summed E-state index contributed by atoms with van der Waals surface area (Å²) in [6, 6.07) is 15.2. The second kappa shape index (κ2) is 9.56. The van der Waals surface area contributed by atoms with Gasteiger partial charge in [0.25, 0.3) is 0 Å². The first-order valence-electron chi connectivity index (χ1n) is 9.28. The summed E-state index contributed by atoms with van der Waals surface area (Å²) in [4.78, 5) is 12.2. The van der Waals surface area contributed by atoms with Crippen molar-refractivity contribution in [2.24, 2.45) is 0 Å². The maximum absolute atomic E-state index is 13.1. The van der Waals surface area contributed by atoms with Crippen LogP contribution in [0.5, 0.6) is 5.75 Å². The number of carbonyl (C=O) groups is 1. The van der Waals surface area contributed by atoms with Crippen LogP contribution >= 0.6 is 11.8 Å². The Morgan fingerprint density at radius 1 is 1.10 bits per heavy atom. The van der Waals surface area contributed by atoms with Gasteiger partial charge in [-0.15, -0.1) is 10.2 Å². The van der Waals surface area contributed by atoms with E-state index in [0.29, 0.717) is 16.7 Å². The normalized spacial score (nSPS) is 12.0. The Bertz CT molecular complexity index is 945. The number of nitrogens with zero attached hydrogens (tertiary/aromatic N) is 3. The van der Waals surface area contributed by atoms with Crippen LogP contribution in [0, 0.1) is 5.82 Å². The monoisotopic (exact) mass is 414 g/mol. The third-order valence-corrected chi connectivity index (χ3v) is 5.03. The molecule has 1 atom stereocenters. The lowest BCUT2D eigenvalue weighted by Crippen LogP contribution is -2.16. The summed E-state index contributed by atoms with van der Waals surface area (Å²) in [6.07, 6.45) is -0.386. The van der Waals surface area contributed by atoms with Gasteiger partial charge in [-0.25, -0.2) is 4.39 Å². The lowest BCUT2D eigenvalue weighted by Gasteiger charge is -2.18. The lowest BCUT2D eigenvalue weighted by atomic mass is 10.3. The minimum Gasteiger partial charge on any atom is -0.483 e. The molecule has 2 aromatic carbocycles. The number of aromatic nitrogens is 3. The molecular formula is C21H23FN4O2S. The van der Waals surface area contributed by atoms with Gasteiger partial charge >= 0.3 is 0 Å². The molecule has 0 aliphatic rings. The summed E-state index contributed by atoms with van der Waals surface area (Å²) >= 11 is 1.32. The summed E-state index contributed by atoms with van der Waals surface area (Å²) in [5.41, 5.74) is 0.755. The largest absolute Gasteiger partial charge is 0.483 e. The predicted molar refractivity (Wildman–Crippen MR) is 112 cm³/mol.